The first-order valence-electron chi connectivity index (χ1n) is 8.50. The lowest BCUT2D eigenvalue weighted by atomic mass is 10.1. The first-order valence-corrected chi connectivity index (χ1v) is 8.50. The molecule has 0 aliphatic heterocycles. The van der Waals surface area contributed by atoms with Crippen LogP contribution in [0.2, 0.25) is 0 Å². The third-order valence-corrected chi connectivity index (χ3v) is 3.84. The number of aromatic nitrogens is 1. The number of pyridine rings is 1. The molecule has 28 heavy (non-hydrogen) atoms. The predicted octanol–water partition coefficient (Wildman–Crippen LogP) is 3.54. The Hall–Kier alpha value is -2.17. The maximum atomic E-state index is 12.6. The topological polar surface area (TPSA) is 61.8 Å². The van der Waals surface area contributed by atoms with Gasteiger partial charge in [0.05, 0.1) is 0 Å². The summed E-state index contributed by atoms with van der Waals surface area (Å²) in [7, 11) is 5.51. The second-order valence-electron chi connectivity index (χ2n) is 6.15. The Morgan fingerprint density at radius 2 is 1.86 bits per heavy atom. The normalized spacial score (nSPS) is 11.0. The van der Waals surface area contributed by atoms with Crippen LogP contribution >= 0.6 is 24.0 Å². The Balaban J connectivity index is 0.00000392. The molecule has 2 rings (SSSR count). The van der Waals surface area contributed by atoms with Crippen molar-refractivity contribution in [2.45, 2.75) is 26.6 Å². The maximum absolute atomic E-state index is 12.6. The molecule has 6 nitrogen and oxygen atoms in total. The number of anilines is 1. The highest BCUT2D eigenvalue weighted by atomic mass is 127. The summed E-state index contributed by atoms with van der Waals surface area (Å²) < 4.78 is 29.8. The Morgan fingerprint density at radius 3 is 2.46 bits per heavy atom. The first kappa shape index (κ1) is 23.9. The van der Waals surface area contributed by atoms with Crippen LogP contribution in [0, 0.1) is 6.92 Å². The van der Waals surface area contributed by atoms with Gasteiger partial charge in [0.25, 0.3) is 0 Å². The lowest BCUT2D eigenvalue weighted by Crippen LogP contribution is -2.36. The van der Waals surface area contributed by atoms with E-state index in [-0.39, 0.29) is 29.7 Å². The number of hydrogen-bond acceptors (Lipinski definition) is 4. The second kappa shape index (κ2) is 11.6. The van der Waals surface area contributed by atoms with Gasteiger partial charge in [-0.1, -0.05) is 23.8 Å². The second-order valence-corrected chi connectivity index (χ2v) is 6.15. The maximum Gasteiger partial charge on any atom is 0.387 e. The zero-order valence-corrected chi connectivity index (χ0v) is 18.7. The van der Waals surface area contributed by atoms with E-state index in [2.05, 4.69) is 25.3 Å². The van der Waals surface area contributed by atoms with Crippen molar-refractivity contribution < 1.29 is 13.5 Å². The molecule has 154 valence electrons. The van der Waals surface area contributed by atoms with Crippen LogP contribution in [0.4, 0.5) is 14.6 Å². The number of guanidine groups is 1. The van der Waals surface area contributed by atoms with Gasteiger partial charge in [-0.15, -0.1) is 24.0 Å². The fourth-order valence-corrected chi connectivity index (χ4v) is 2.61. The number of alkyl halides is 2. The number of aryl methyl sites for hydroxylation is 1. The smallest absolute Gasteiger partial charge is 0.387 e. The molecular weight excluding hydrogens is 479 g/mol. The number of halogens is 3. The number of hydrogen-bond donors (Lipinski definition) is 2. The van der Waals surface area contributed by atoms with E-state index in [1.807, 2.05) is 44.1 Å². The van der Waals surface area contributed by atoms with Gasteiger partial charge in [0.15, 0.2) is 5.96 Å². The molecule has 0 amide bonds. The largest absolute Gasteiger partial charge is 0.434 e. The fourth-order valence-electron chi connectivity index (χ4n) is 2.61. The molecule has 0 saturated carbocycles. The monoisotopic (exact) mass is 505 g/mol. The van der Waals surface area contributed by atoms with Gasteiger partial charge in [0.2, 0.25) is 0 Å². The molecule has 0 saturated heterocycles. The standard InChI is InChI=1S/C19H25F2N5O.HI/c1-13-7-8-16(27-18(20)21)15(10-13)12-25-19(22-2)24-11-14-6-5-9-23-17(14)26(3)4;/h5-10,18H,11-12H2,1-4H3,(H2,22,24,25);1H. The molecule has 2 aromatic rings. The molecule has 0 atom stereocenters. The molecule has 0 spiro atoms. The summed E-state index contributed by atoms with van der Waals surface area (Å²) in [5.74, 6) is 1.57. The van der Waals surface area contributed by atoms with Crippen molar-refractivity contribution in [1.82, 2.24) is 15.6 Å². The third kappa shape index (κ3) is 7.10. The van der Waals surface area contributed by atoms with Crippen molar-refractivity contribution in [3.63, 3.8) is 0 Å². The molecule has 1 aromatic carbocycles. The number of nitrogens with one attached hydrogen (secondary N) is 2. The Morgan fingerprint density at radius 1 is 1.18 bits per heavy atom. The minimum atomic E-state index is -2.86. The van der Waals surface area contributed by atoms with Crippen LogP contribution in [0.5, 0.6) is 5.75 Å². The Bertz CT molecular complexity index is 787. The van der Waals surface area contributed by atoms with E-state index in [0.717, 1.165) is 16.9 Å². The molecule has 1 heterocycles. The SMILES string of the molecule is CN=C(NCc1cc(C)ccc1OC(F)F)NCc1cccnc1N(C)C.I. The van der Waals surface area contributed by atoms with Gasteiger partial charge in [-0.25, -0.2) is 4.98 Å². The van der Waals surface area contributed by atoms with Crippen molar-refractivity contribution in [3.05, 3.63) is 53.2 Å². The summed E-state index contributed by atoms with van der Waals surface area (Å²) >= 11 is 0. The van der Waals surface area contributed by atoms with Gasteiger partial charge in [-0.3, -0.25) is 4.99 Å². The molecule has 0 fully saturated rings. The van der Waals surface area contributed by atoms with Crippen molar-refractivity contribution in [2.24, 2.45) is 4.99 Å². The summed E-state index contributed by atoms with van der Waals surface area (Å²) in [6, 6.07) is 8.95. The van der Waals surface area contributed by atoms with Crippen LogP contribution in [0.1, 0.15) is 16.7 Å². The molecule has 0 bridgehead atoms. The van der Waals surface area contributed by atoms with E-state index in [9.17, 15) is 8.78 Å². The number of ether oxygens (including phenoxy) is 1. The number of nitrogens with zero attached hydrogens (tertiary/aromatic N) is 3. The molecule has 0 radical (unpaired) electrons. The van der Waals surface area contributed by atoms with Gasteiger partial charge >= 0.3 is 6.61 Å². The lowest BCUT2D eigenvalue weighted by Gasteiger charge is -2.18. The summed E-state index contributed by atoms with van der Waals surface area (Å²) in [6.45, 7) is -0.140. The van der Waals surface area contributed by atoms with Crippen LogP contribution in [-0.4, -0.2) is 38.7 Å². The molecule has 0 unspecified atom stereocenters. The molecule has 0 aliphatic rings. The summed E-state index contributed by atoms with van der Waals surface area (Å²) in [4.78, 5) is 10.5. The molecule has 2 N–H and O–H groups in total. The quantitative estimate of drug-likeness (QED) is 0.343. The third-order valence-electron chi connectivity index (χ3n) is 3.84. The molecule has 9 heteroatoms. The van der Waals surface area contributed by atoms with Gasteiger partial charge in [0, 0.05) is 51.6 Å². The zero-order valence-electron chi connectivity index (χ0n) is 16.4. The average molecular weight is 505 g/mol. The molecule has 0 aliphatic carbocycles. The van der Waals surface area contributed by atoms with Crippen LogP contribution in [-0.2, 0) is 13.1 Å². The summed E-state index contributed by atoms with van der Waals surface area (Å²) in [6.07, 6.45) is 1.74. The van der Waals surface area contributed by atoms with Crippen molar-refractivity contribution in [1.29, 1.82) is 0 Å². The van der Waals surface area contributed by atoms with Crippen LogP contribution in [0.3, 0.4) is 0 Å². The minimum Gasteiger partial charge on any atom is -0.434 e. The van der Waals surface area contributed by atoms with Gasteiger partial charge in [0.1, 0.15) is 11.6 Å². The highest BCUT2D eigenvalue weighted by Gasteiger charge is 2.11. The summed E-state index contributed by atoms with van der Waals surface area (Å²) in [5, 5.41) is 6.33. The van der Waals surface area contributed by atoms with Gasteiger partial charge in [-0.05, 0) is 19.1 Å². The van der Waals surface area contributed by atoms with Crippen molar-refractivity contribution in [2.75, 3.05) is 26.0 Å². The van der Waals surface area contributed by atoms with E-state index in [1.165, 1.54) is 0 Å². The highest BCUT2D eigenvalue weighted by molar-refractivity contribution is 14.0. The van der Waals surface area contributed by atoms with E-state index in [1.54, 1.807) is 25.4 Å². The molecular formula is C19H26F2IN5O. The van der Waals surface area contributed by atoms with E-state index in [4.69, 9.17) is 0 Å². The summed E-state index contributed by atoms with van der Waals surface area (Å²) in [5.41, 5.74) is 2.61. The van der Waals surface area contributed by atoms with E-state index >= 15 is 0 Å². The van der Waals surface area contributed by atoms with Crippen molar-refractivity contribution >= 4 is 35.8 Å². The first-order chi connectivity index (χ1) is 12.9. The zero-order chi connectivity index (χ0) is 19.8. The van der Waals surface area contributed by atoms with Gasteiger partial charge in [-0.2, -0.15) is 8.78 Å². The number of aliphatic imine (C=N–C) groups is 1. The van der Waals surface area contributed by atoms with Crippen LogP contribution in [0.25, 0.3) is 0 Å². The highest BCUT2D eigenvalue weighted by Crippen LogP contribution is 2.22. The van der Waals surface area contributed by atoms with Crippen molar-refractivity contribution in [3.8, 4) is 5.75 Å². The Labute approximate surface area is 181 Å². The predicted molar refractivity (Wildman–Crippen MR) is 119 cm³/mol. The van der Waals surface area contributed by atoms with Crippen LogP contribution < -0.4 is 20.3 Å². The van der Waals surface area contributed by atoms with E-state index in [0.29, 0.717) is 24.6 Å². The Kier molecular flexibility index (Phi) is 9.91. The van der Waals surface area contributed by atoms with E-state index < -0.39 is 6.61 Å². The lowest BCUT2D eigenvalue weighted by molar-refractivity contribution is -0.0504. The average Bonchev–Trinajstić information content (AvgIpc) is 2.63. The van der Waals surface area contributed by atoms with Gasteiger partial charge < -0.3 is 20.3 Å². The minimum absolute atomic E-state index is 0. The molecule has 1 aromatic heterocycles. The number of rotatable bonds is 7. The fraction of sp³-hybridized carbons (Fsp3) is 0.368. The number of benzene rings is 1. The van der Waals surface area contributed by atoms with Crippen LogP contribution in [0.15, 0.2) is 41.5 Å².